The van der Waals surface area contributed by atoms with Crippen LogP contribution < -0.4 is 16.0 Å². The summed E-state index contributed by atoms with van der Waals surface area (Å²) in [5, 5.41) is 8.79. The van der Waals surface area contributed by atoms with Crippen molar-refractivity contribution in [3.63, 3.8) is 0 Å². The van der Waals surface area contributed by atoms with Crippen LogP contribution in [-0.4, -0.2) is 29.5 Å². The van der Waals surface area contributed by atoms with E-state index in [1.807, 2.05) is 30.3 Å². The summed E-state index contributed by atoms with van der Waals surface area (Å²) in [6.07, 6.45) is 0. The van der Waals surface area contributed by atoms with E-state index in [4.69, 9.17) is 16.0 Å². The highest BCUT2D eigenvalue weighted by Crippen LogP contribution is 2.27. The highest BCUT2D eigenvalue weighted by Gasteiger charge is 2.29. The number of aryl methyl sites for hydroxylation is 1. The van der Waals surface area contributed by atoms with Gasteiger partial charge in [0, 0.05) is 18.5 Å². The van der Waals surface area contributed by atoms with Gasteiger partial charge in [-0.1, -0.05) is 29.8 Å². The van der Waals surface area contributed by atoms with E-state index in [2.05, 4.69) is 20.9 Å². The summed E-state index contributed by atoms with van der Waals surface area (Å²) in [6, 6.07) is 11.5. The van der Waals surface area contributed by atoms with E-state index < -0.39 is 12.1 Å². The molecule has 138 valence electrons. The van der Waals surface area contributed by atoms with Crippen LogP contribution in [0.3, 0.4) is 0 Å². The number of halogens is 1. The fourth-order valence-electron chi connectivity index (χ4n) is 3.11. The van der Waals surface area contributed by atoms with Crippen LogP contribution in [0.2, 0.25) is 5.02 Å². The first-order chi connectivity index (χ1) is 13.0. The van der Waals surface area contributed by atoms with E-state index >= 15 is 0 Å². The molecule has 1 saturated heterocycles. The van der Waals surface area contributed by atoms with Crippen molar-refractivity contribution in [2.75, 3.05) is 6.54 Å². The van der Waals surface area contributed by atoms with Crippen LogP contribution in [0, 0.1) is 6.92 Å². The average molecular weight is 385 g/mol. The van der Waals surface area contributed by atoms with Crippen molar-refractivity contribution in [2.45, 2.75) is 19.0 Å². The molecule has 1 aliphatic rings. The van der Waals surface area contributed by atoms with Gasteiger partial charge in [-0.2, -0.15) is 0 Å². The summed E-state index contributed by atoms with van der Waals surface area (Å²) in [4.78, 5) is 28.3. The van der Waals surface area contributed by atoms with Crippen molar-refractivity contribution in [3.05, 3.63) is 64.5 Å². The zero-order valence-corrected chi connectivity index (χ0v) is 15.2. The molecule has 3 N–H and O–H groups in total. The smallest absolute Gasteiger partial charge is 0.315 e. The summed E-state index contributed by atoms with van der Waals surface area (Å²) < 4.78 is 5.62. The predicted octanol–water partition coefficient (Wildman–Crippen LogP) is 2.68. The lowest BCUT2D eigenvalue weighted by molar-refractivity contribution is -0.122. The molecule has 27 heavy (non-hydrogen) atoms. The molecule has 3 amide bonds. The van der Waals surface area contributed by atoms with Gasteiger partial charge in [0.1, 0.15) is 11.6 Å². The van der Waals surface area contributed by atoms with Gasteiger partial charge in [0.2, 0.25) is 5.91 Å². The Kier molecular flexibility index (Phi) is 4.45. The lowest BCUT2D eigenvalue weighted by Crippen LogP contribution is -2.44. The van der Waals surface area contributed by atoms with Crippen LogP contribution in [0.1, 0.15) is 23.1 Å². The van der Waals surface area contributed by atoms with E-state index in [1.165, 1.54) is 0 Å². The molecule has 4 rings (SSSR count). The maximum Gasteiger partial charge on any atom is 0.315 e. The maximum absolute atomic E-state index is 12.7. The van der Waals surface area contributed by atoms with Crippen LogP contribution in [0.15, 0.2) is 46.9 Å². The Morgan fingerprint density at radius 3 is 2.70 bits per heavy atom. The number of aromatic nitrogens is 1. The number of hydrogen-bond acceptors (Lipinski definition) is 4. The Balaban J connectivity index is 1.69. The molecule has 0 aliphatic carbocycles. The first-order valence-corrected chi connectivity index (χ1v) is 8.85. The average Bonchev–Trinajstić information content (AvgIpc) is 3.24. The van der Waals surface area contributed by atoms with Gasteiger partial charge in [0.05, 0.1) is 6.04 Å². The summed E-state index contributed by atoms with van der Waals surface area (Å²) in [5.74, 6) is 0.302. The van der Waals surface area contributed by atoms with E-state index in [-0.39, 0.29) is 18.5 Å². The zero-order valence-electron chi connectivity index (χ0n) is 14.5. The van der Waals surface area contributed by atoms with Crippen LogP contribution in [-0.2, 0) is 4.79 Å². The van der Waals surface area contributed by atoms with Crippen molar-refractivity contribution >= 4 is 34.6 Å². The molecule has 8 heteroatoms. The summed E-state index contributed by atoms with van der Waals surface area (Å²) in [5.41, 5.74) is 3.10. The fourth-order valence-corrected chi connectivity index (χ4v) is 3.23. The van der Waals surface area contributed by atoms with E-state index in [1.54, 1.807) is 19.1 Å². The Labute approximate surface area is 160 Å². The highest BCUT2D eigenvalue weighted by molar-refractivity contribution is 6.30. The van der Waals surface area contributed by atoms with Crippen LogP contribution in [0.4, 0.5) is 4.79 Å². The number of benzene rings is 2. The summed E-state index contributed by atoms with van der Waals surface area (Å²) in [6.45, 7) is 2.03. The molecule has 3 aromatic rings. The largest absolute Gasteiger partial charge is 0.441 e. The quantitative estimate of drug-likeness (QED) is 0.644. The molecule has 2 atom stereocenters. The van der Waals surface area contributed by atoms with Gasteiger partial charge in [-0.05, 0) is 35.4 Å². The molecule has 0 saturated carbocycles. The SMILES string of the molecule is Cc1nc2ccc([C@H](NC(=O)[C@@H]3CNC(=O)N3)c3ccc(Cl)cc3)cc2o1. The molecule has 0 bridgehead atoms. The number of amides is 3. The monoisotopic (exact) mass is 384 g/mol. The van der Waals surface area contributed by atoms with Crippen molar-refractivity contribution < 1.29 is 14.0 Å². The molecule has 2 heterocycles. The Bertz CT molecular complexity index is 1020. The first kappa shape index (κ1) is 17.4. The maximum atomic E-state index is 12.7. The number of carbonyl (C=O) groups is 2. The standard InChI is InChI=1S/C19H17ClN4O3/c1-10-22-14-7-4-12(8-16(14)27-10)17(11-2-5-13(20)6-3-11)24-18(25)15-9-21-19(26)23-15/h2-8,15,17H,9H2,1H3,(H,24,25)(H2,21,23,26)/t15-,17+/m0/s1. The lowest BCUT2D eigenvalue weighted by Gasteiger charge is -2.21. The highest BCUT2D eigenvalue weighted by atomic mass is 35.5. The molecule has 0 spiro atoms. The number of nitrogens with one attached hydrogen (secondary N) is 3. The molecule has 1 fully saturated rings. The number of rotatable bonds is 4. The van der Waals surface area contributed by atoms with Gasteiger partial charge in [-0.15, -0.1) is 0 Å². The third-order valence-corrected chi connectivity index (χ3v) is 4.68. The van der Waals surface area contributed by atoms with Crippen molar-refractivity contribution in [3.8, 4) is 0 Å². The zero-order chi connectivity index (χ0) is 19.0. The third-order valence-electron chi connectivity index (χ3n) is 4.43. The van der Waals surface area contributed by atoms with Gasteiger partial charge in [-0.25, -0.2) is 9.78 Å². The normalized spacial score (nSPS) is 17.4. The number of urea groups is 1. The molecule has 1 aromatic heterocycles. The molecule has 0 unspecified atom stereocenters. The Hall–Kier alpha value is -3.06. The molecule has 2 aromatic carbocycles. The summed E-state index contributed by atoms with van der Waals surface area (Å²) >= 11 is 6.00. The van der Waals surface area contributed by atoms with Crippen LogP contribution in [0.25, 0.3) is 11.1 Å². The number of nitrogens with zero attached hydrogens (tertiary/aromatic N) is 1. The van der Waals surface area contributed by atoms with E-state index in [0.717, 1.165) is 16.6 Å². The Morgan fingerprint density at radius 1 is 1.26 bits per heavy atom. The minimum absolute atomic E-state index is 0.248. The molecule has 0 radical (unpaired) electrons. The number of carbonyl (C=O) groups excluding carboxylic acids is 2. The van der Waals surface area contributed by atoms with Crippen LogP contribution >= 0.6 is 11.6 Å². The second-order valence-electron chi connectivity index (χ2n) is 6.36. The Morgan fingerprint density at radius 2 is 2.00 bits per heavy atom. The van der Waals surface area contributed by atoms with Crippen LogP contribution in [0.5, 0.6) is 0 Å². The fraction of sp³-hybridized carbons (Fsp3) is 0.211. The van der Waals surface area contributed by atoms with Gasteiger partial charge < -0.3 is 20.4 Å². The number of fused-ring (bicyclic) bond motifs is 1. The molecule has 1 aliphatic heterocycles. The molecule has 7 nitrogen and oxygen atoms in total. The number of oxazole rings is 1. The van der Waals surface area contributed by atoms with Crippen molar-refractivity contribution in [1.29, 1.82) is 0 Å². The molecular formula is C19H17ClN4O3. The molecular weight excluding hydrogens is 368 g/mol. The minimum atomic E-state index is -0.622. The second kappa shape index (κ2) is 6.92. The van der Waals surface area contributed by atoms with E-state index in [9.17, 15) is 9.59 Å². The first-order valence-electron chi connectivity index (χ1n) is 8.47. The topological polar surface area (TPSA) is 96.3 Å². The predicted molar refractivity (Wildman–Crippen MR) is 101 cm³/mol. The third kappa shape index (κ3) is 3.59. The second-order valence-corrected chi connectivity index (χ2v) is 6.80. The van der Waals surface area contributed by atoms with Gasteiger partial charge in [0.25, 0.3) is 0 Å². The van der Waals surface area contributed by atoms with Gasteiger partial charge in [-0.3, -0.25) is 4.79 Å². The van der Waals surface area contributed by atoms with Gasteiger partial charge >= 0.3 is 6.03 Å². The van der Waals surface area contributed by atoms with Gasteiger partial charge in [0.15, 0.2) is 11.5 Å². The lowest BCUT2D eigenvalue weighted by atomic mass is 9.98. The minimum Gasteiger partial charge on any atom is -0.441 e. The van der Waals surface area contributed by atoms with Crippen molar-refractivity contribution in [2.24, 2.45) is 0 Å². The van der Waals surface area contributed by atoms with Crippen molar-refractivity contribution in [1.82, 2.24) is 20.9 Å². The van der Waals surface area contributed by atoms with E-state index in [0.29, 0.717) is 16.5 Å². The number of hydrogen-bond donors (Lipinski definition) is 3. The summed E-state index contributed by atoms with van der Waals surface area (Å²) in [7, 11) is 0.